The van der Waals surface area contributed by atoms with Crippen molar-refractivity contribution in [1.29, 1.82) is 0 Å². The number of nitrogens with zero attached hydrogens (tertiary/aromatic N) is 1. The van der Waals surface area contributed by atoms with Crippen LogP contribution in [-0.2, 0) is 11.2 Å². The van der Waals surface area contributed by atoms with Crippen LogP contribution in [0.1, 0.15) is 17.0 Å². The van der Waals surface area contributed by atoms with Gasteiger partial charge in [0.15, 0.2) is 16.6 Å². The number of oxazole rings is 1. The number of fused-ring (bicyclic) bond motifs is 1. The molecule has 0 saturated heterocycles. The first-order chi connectivity index (χ1) is 15.6. The number of hydrogen-bond donors (Lipinski definition) is 2. The van der Waals surface area contributed by atoms with E-state index in [9.17, 15) is 4.79 Å². The van der Waals surface area contributed by atoms with Crippen LogP contribution < -0.4 is 15.4 Å². The lowest BCUT2D eigenvalue weighted by molar-refractivity contribution is -0.115. The highest BCUT2D eigenvalue weighted by Crippen LogP contribution is 2.18. The average Bonchev–Trinajstić information content (AvgIpc) is 3.21. The number of amides is 1. The minimum Gasteiger partial charge on any atom is -0.497 e. The van der Waals surface area contributed by atoms with Crippen LogP contribution in [0.5, 0.6) is 5.75 Å². The number of ether oxygens (including phenoxy) is 1. The van der Waals surface area contributed by atoms with E-state index in [4.69, 9.17) is 21.4 Å². The molecule has 1 aromatic heterocycles. The van der Waals surface area contributed by atoms with Gasteiger partial charge in [0.2, 0.25) is 5.91 Å². The normalized spacial score (nSPS) is 10.9. The van der Waals surface area contributed by atoms with Gasteiger partial charge >= 0.3 is 0 Å². The fraction of sp³-hybridized carbons (Fsp3) is 0.0800. The Labute approximate surface area is 190 Å². The molecule has 0 aliphatic heterocycles. The molecule has 0 aliphatic rings. The second kappa shape index (κ2) is 9.89. The molecule has 0 bridgehead atoms. The van der Waals surface area contributed by atoms with Crippen molar-refractivity contribution >= 4 is 46.1 Å². The quantitative estimate of drug-likeness (QED) is 0.324. The molecule has 0 radical (unpaired) electrons. The molecule has 0 spiro atoms. The lowest BCUT2D eigenvalue weighted by Gasteiger charge is -2.08. The van der Waals surface area contributed by atoms with Crippen LogP contribution in [0.4, 0.5) is 5.69 Å². The predicted octanol–water partition coefficient (Wildman–Crippen LogP) is 4.95. The number of aromatic nitrogens is 1. The molecule has 0 atom stereocenters. The van der Waals surface area contributed by atoms with Gasteiger partial charge in [0.05, 0.1) is 7.11 Å². The Kier molecular flexibility index (Phi) is 6.57. The Balaban J connectivity index is 1.29. The van der Waals surface area contributed by atoms with Crippen LogP contribution in [0.3, 0.4) is 0 Å². The average molecular weight is 444 g/mol. The summed E-state index contributed by atoms with van der Waals surface area (Å²) in [4.78, 5) is 16.6. The number of rotatable bonds is 6. The second-order valence-electron chi connectivity index (χ2n) is 7.00. The standard InChI is InChI=1S/C25H21N3O3S/c1-30-20-13-8-17(9-14-20)10-15-23(29)28-25(32)26-19-11-6-18(7-12-19)16-24-27-21-4-2-3-5-22(21)31-24/h2-15H,16H2,1H3,(H2,26,28,29,32)/b15-10+. The van der Waals surface area contributed by atoms with Crippen LogP contribution in [0.25, 0.3) is 17.2 Å². The largest absolute Gasteiger partial charge is 0.497 e. The second-order valence-corrected chi connectivity index (χ2v) is 7.41. The molecule has 4 aromatic rings. The summed E-state index contributed by atoms with van der Waals surface area (Å²) in [5.74, 6) is 1.11. The molecular weight excluding hydrogens is 422 g/mol. The number of methoxy groups -OCH3 is 1. The van der Waals surface area contributed by atoms with Crippen molar-refractivity contribution in [3.8, 4) is 5.75 Å². The molecule has 6 nitrogen and oxygen atoms in total. The third-order valence-corrected chi connectivity index (χ3v) is 4.89. The van der Waals surface area contributed by atoms with E-state index in [1.54, 1.807) is 13.2 Å². The molecule has 4 rings (SSSR count). The first-order valence-corrected chi connectivity index (χ1v) is 10.4. The van der Waals surface area contributed by atoms with Crippen LogP contribution in [-0.4, -0.2) is 23.1 Å². The van der Waals surface area contributed by atoms with Gasteiger partial charge in [0, 0.05) is 18.2 Å². The summed E-state index contributed by atoms with van der Waals surface area (Å²) < 4.78 is 10.9. The fourth-order valence-corrected chi connectivity index (χ4v) is 3.30. The maximum atomic E-state index is 12.1. The maximum absolute atomic E-state index is 12.1. The van der Waals surface area contributed by atoms with Crippen molar-refractivity contribution < 1.29 is 13.9 Å². The molecule has 1 amide bonds. The monoisotopic (exact) mass is 443 g/mol. The van der Waals surface area contributed by atoms with Gasteiger partial charge in [-0.25, -0.2) is 4.98 Å². The summed E-state index contributed by atoms with van der Waals surface area (Å²) in [5.41, 5.74) is 4.34. The molecule has 0 saturated carbocycles. The van der Waals surface area contributed by atoms with Crippen molar-refractivity contribution in [1.82, 2.24) is 10.3 Å². The van der Waals surface area contributed by atoms with Gasteiger partial charge in [0.1, 0.15) is 11.3 Å². The summed E-state index contributed by atoms with van der Waals surface area (Å²) in [7, 11) is 1.61. The minimum absolute atomic E-state index is 0.223. The number of carbonyl (C=O) groups is 1. The summed E-state index contributed by atoms with van der Waals surface area (Å²) in [6, 6.07) is 22.8. The zero-order valence-electron chi connectivity index (χ0n) is 17.4. The molecule has 160 valence electrons. The van der Waals surface area contributed by atoms with E-state index in [0.29, 0.717) is 12.3 Å². The van der Waals surface area contributed by atoms with Crippen molar-refractivity contribution in [2.45, 2.75) is 6.42 Å². The third kappa shape index (κ3) is 5.59. The first kappa shape index (κ1) is 21.3. The van der Waals surface area contributed by atoms with Gasteiger partial charge in [0.25, 0.3) is 0 Å². The van der Waals surface area contributed by atoms with E-state index in [1.165, 1.54) is 6.08 Å². The lowest BCUT2D eigenvalue weighted by Crippen LogP contribution is -2.32. The number of nitrogens with one attached hydrogen (secondary N) is 2. The van der Waals surface area contributed by atoms with Crippen LogP contribution in [0.2, 0.25) is 0 Å². The number of para-hydroxylation sites is 2. The van der Waals surface area contributed by atoms with Crippen molar-refractivity contribution in [3.63, 3.8) is 0 Å². The Hall–Kier alpha value is -3.97. The van der Waals surface area contributed by atoms with Crippen molar-refractivity contribution in [2.75, 3.05) is 12.4 Å². The van der Waals surface area contributed by atoms with E-state index < -0.39 is 0 Å². The molecule has 0 unspecified atom stereocenters. The molecule has 1 heterocycles. The Bertz CT molecular complexity index is 1230. The summed E-state index contributed by atoms with van der Waals surface area (Å²) in [5, 5.41) is 5.87. The number of benzene rings is 3. The van der Waals surface area contributed by atoms with Crippen molar-refractivity contribution in [3.05, 3.63) is 95.9 Å². The zero-order valence-corrected chi connectivity index (χ0v) is 18.2. The number of anilines is 1. The highest BCUT2D eigenvalue weighted by molar-refractivity contribution is 7.80. The topological polar surface area (TPSA) is 76.4 Å². The Morgan fingerprint density at radius 1 is 1.06 bits per heavy atom. The summed E-state index contributed by atoms with van der Waals surface area (Å²) >= 11 is 5.23. The van der Waals surface area contributed by atoms with E-state index in [1.807, 2.05) is 72.8 Å². The maximum Gasteiger partial charge on any atom is 0.250 e. The third-order valence-electron chi connectivity index (χ3n) is 4.69. The van der Waals surface area contributed by atoms with Crippen LogP contribution in [0, 0.1) is 0 Å². The first-order valence-electron chi connectivity index (χ1n) is 9.96. The highest BCUT2D eigenvalue weighted by atomic mass is 32.1. The van der Waals surface area contributed by atoms with Crippen LogP contribution >= 0.6 is 12.2 Å². The van der Waals surface area contributed by atoms with Gasteiger partial charge in [-0.1, -0.05) is 36.4 Å². The van der Waals surface area contributed by atoms with Gasteiger partial charge < -0.3 is 14.5 Å². The number of hydrogen-bond acceptors (Lipinski definition) is 5. The zero-order chi connectivity index (χ0) is 22.3. The molecule has 0 fully saturated rings. The number of carbonyl (C=O) groups excluding carboxylic acids is 1. The molecule has 32 heavy (non-hydrogen) atoms. The summed E-state index contributed by atoms with van der Waals surface area (Å²) in [6.07, 6.45) is 3.73. The number of thiocarbonyl (C=S) groups is 1. The summed E-state index contributed by atoms with van der Waals surface area (Å²) in [6.45, 7) is 0. The molecular formula is C25H21N3O3S. The Morgan fingerprint density at radius 2 is 1.81 bits per heavy atom. The van der Waals surface area contributed by atoms with Gasteiger partial charge in [-0.05, 0) is 65.8 Å². The van der Waals surface area contributed by atoms with E-state index >= 15 is 0 Å². The molecule has 2 N–H and O–H groups in total. The van der Waals surface area contributed by atoms with Gasteiger partial charge in [-0.3, -0.25) is 10.1 Å². The van der Waals surface area contributed by atoms with Crippen molar-refractivity contribution in [2.24, 2.45) is 0 Å². The highest BCUT2D eigenvalue weighted by Gasteiger charge is 2.07. The SMILES string of the molecule is COc1ccc(/C=C/C(=O)NC(=S)Nc2ccc(Cc3nc4ccccc4o3)cc2)cc1. The Morgan fingerprint density at radius 3 is 2.53 bits per heavy atom. The molecule has 0 aliphatic carbocycles. The molecule has 3 aromatic carbocycles. The van der Waals surface area contributed by atoms with Gasteiger partial charge in [-0.2, -0.15) is 0 Å². The lowest BCUT2D eigenvalue weighted by atomic mass is 10.1. The minimum atomic E-state index is -0.314. The molecule has 7 heteroatoms. The van der Waals surface area contributed by atoms with E-state index in [-0.39, 0.29) is 11.0 Å². The smallest absolute Gasteiger partial charge is 0.250 e. The van der Waals surface area contributed by atoms with E-state index in [0.717, 1.165) is 33.7 Å². The fourth-order valence-electron chi connectivity index (χ4n) is 3.08. The van der Waals surface area contributed by atoms with Gasteiger partial charge in [-0.15, -0.1) is 0 Å². The van der Waals surface area contributed by atoms with E-state index in [2.05, 4.69) is 15.6 Å². The van der Waals surface area contributed by atoms with Crippen LogP contribution in [0.15, 0.2) is 83.3 Å². The predicted molar refractivity (Wildman–Crippen MR) is 130 cm³/mol.